The lowest BCUT2D eigenvalue weighted by Crippen LogP contribution is -2.01. The zero-order chi connectivity index (χ0) is 4.41. The molecule has 1 rings (SSSR count). The van der Waals surface area contributed by atoms with Crippen LogP contribution in [0.25, 0.3) is 5.32 Å². The lowest BCUT2D eigenvalue weighted by molar-refractivity contribution is 0.200. The van der Waals surface area contributed by atoms with Crippen molar-refractivity contribution in [3.63, 3.8) is 0 Å². The average Bonchev–Trinajstić information content (AvgIpc) is 1.86. The zero-order valence-electron chi connectivity index (χ0n) is 3.59. The van der Waals surface area contributed by atoms with Crippen molar-refractivity contribution in [3.05, 3.63) is 5.32 Å². The quantitative estimate of drug-likeness (QED) is 0.446. The van der Waals surface area contributed by atoms with E-state index >= 15 is 0 Å². The van der Waals surface area contributed by atoms with Crippen molar-refractivity contribution in [2.24, 2.45) is 0 Å². The Morgan fingerprint density at radius 1 is 1.67 bits per heavy atom. The van der Waals surface area contributed by atoms with E-state index in [-0.39, 0.29) is 6.10 Å². The summed E-state index contributed by atoms with van der Waals surface area (Å²) >= 11 is 0. The molecular weight excluding hydrogens is 78.0 g/mol. The van der Waals surface area contributed by atoms with Crippen molar-refractivity contribution in [2.45, 2.75) is 12.5 Å². The van der Waals surface area contributed by atoms with Gasteiger partial charge in [0.05, 0.1) is 0 Å². The van der Waals surface area contributed by atoms with Crippen LogP contribution in [0.5, 0.6) is 0 Å². The molecule has 2 nitrogen and oxygen atoms in total. The van der Waals surface area contributed by atoms with Gasteiger partial charge in [-0.1, -0.05) is 0 Å². The summed E-state index contributed by atoms with van der Waals surface area (Å²) in [7, 11) is 0. The molecule has 1 N–H and O–H groups in total. The smallest absolute Gasteiger partial charge is 0.0336 e. The van der Waals surface area contributed by atoms with Crippen LogP contribution in [0.3, 0.4) is 0 Å². The van der Waals surface area contributed by atoms with Gasteiger partial charge in [0.25, 0.3) is 0 Å². The molecule has 0 bridgehead atoms. The van der Waals surface area contributed by atoms with E-state index in [2.05, 4.69) is 5.32 Å². The molecular formula is C4H8NO-. The summed E-state index contributed by atoms with van der Waals surface area (Å²) in [6.07, 6.45) is 0.755. The topological polar surface area (TPSA) is 34.3 Å². The van der Waals surface area contributed by atoms with E-state index in [1.54, 1.807) is 0 Å². The molecule has 1 heterocycles. The number of aliphatic hydroxyl groups excluding tert-OH is 1. The van der Waals surface area contributed by atoms with Gasteiger partial charge in [-0.3, -0.25) is 0 Å². The summed E-state index contributed by atoms with van der Waals surface area (Å²) in [6.45, 7) is 1.53. The Hall–Kier alpha value is -0.0800. The lowest BCUT2D eigenvalue weighted by atomic mass is 10.3. The Labute approximate surface area is 37.2 Å². The Morgan fingerprint density at radius 2 is 2.50 bits per heavy atom. The largest absolute Gasteiger partial charge is 0.660 e. The highest BCUT2D eigenvalue weighted by Crippen LogP contribution is 2.06. The van der Waals surface area contributed by atoms with Crippen LogP contribution < -0.4 is 0 Å². The van der Waals surface area contributed by atoms with Gasteiger partial charge >= 0.3 is 0 Å². The van der Waals surface area contributed by atoms with Crippen LogP contribution in [0.4, 0.5) is 0 Å². The Kier molecular flexibility index (Phi) is 1.08. The molecule has 36 valence electrons. The minimum Gasteiger partial charge on any atom is -0.660 e. The molecule has 2 heteroatoms. The van der Waals surface area contributed by atoms with Crippen molar-refractivity contribution in [1.29, 1.82) is 0 Å². The van der Waals surface area contributed by atoms with Crippen molar-refractivity contribution in [1.82, 2.24) is 0 Å². The molecule has 6 heavy (non-hydrogen) atoms. The van der Waals surface area contributed by atoms with Gasteiger partial charge in [0, 0.05) is 6.10 Å². The molecule has 0 spiro atoms. The van der Waals surface area contributed by atoms with E-state index in [1.165, 1.54) is 0 Å². The summed E-state index contributed by atoms with van der Waals surface area (Å²) < 4.78 is 0. The fraction of sp³-hybridized carbons (Fsp3) is 1.00. The molecule has 0 aliphatic carbocycles. The molecule has 1 fully saturated rings. The minimum absolute atomic E-state index is 0.120. The maximum atomic E-state index is 8.64. The fourth-order valence-corrected chi connectivity index (χ4v) is 0.572. The summed E-state index contributed by atoms with van der Waals surface area (Å²) in [5, 5.41) is 12.5. The van der Waals surface area contributed by atoms with Crippen LogP contribution in [-0.4, -0.2) is 24.3 Å². The van der Waals surface area contributed by atoms with Crippen molar-refractivity contribution >= 4 is 0 Å². The second kappa shape index (κ2) is 1.58. The SMILES string of the molecule is OC1CC[N-]C1. The molecule has 1 atom stereocenters. The average molecular weight is 86.1 g/mol. The molecule has 1 unspecified atom stereocenters. The summed E-state index contributed by atoms with van der Waals surface area (Å²) in [5.74, 6) is 0. The van der Waals surface area contributed by atoms with Gasteiger partial charge in [-0.25, -0.2) is 0 Å². The van der Waals surface area contributed by atoms with E-state index < -0.39 is 0 Å². The first-order valence-electron chi connectivity index (χ1n) is 2.21. The van der Waals surface area contributed by atoms with Gasteiger partial charge in [0.15, 0.2) is 0 Å². The first kappa shape index (κ1) is 4.09. The molecule has 0 saturated carbocycles. The van der Waals surface area contributed by atoms with Gasteiger partial charge in [0.1, 0.15) is 0 Å². The summed E-state index contributed by atoms with van der Waals surface area (Å²) in [6, 6.07) is 0. The third-order valence-electron chi connectivity index (χ3n) is 0.960. The van der Waals surface area contributed by atoms with E-state index in [1.807, 2.05) is 0 Å². The maximum absolute atomic E-state index is 8.64. The van der Waals surface area contributed by atoms with E-state index in [0.29, 0.717) is 6.54 Å². The summed E-state index contributed by atoms with van der Waals surface area (Å²) in [5.41, 5.74) is 0. The molecule has 1 saturated heterocycles. The highest BCUT2D eigenvalue weighted by Gasteiger charge is 1.98. The number of hydrogen-bond acceptors (Lipinski definition) is 1. The predicted octanol–water partition coefficient (Wildman–Crippen LogP) is 0.125. The van der Waals surface area contributed by atoms with Gasteiger partial charge in [-0.05, 0) is 6.42 Å². The zero-order valence-corrected chi connectivity index (χ0v) is 3.59. The molecule has 0 aromatic heterocycles. The van der Waals surface area contributed by atoms with Crippen LogP contribution in [-0.2, 0) is 0 Å². The lowest BCUT2D eigenvalue weighted by Gasteiger charge is -2.02. The molecule has 1 aliphatic heterocycles. The molecule has 0 radical (unpaired) electrons. The van der Waals surface area contributed by atoms with Gasteiger partial charge in [-0.2, -0.15) is 0 Å². The fourth-order valence-electron chi connectivity index (χ4n) is 0.572. The summed E-state index contributed by atoms with van der Waals surface area (Å²) in [4.78, 5) is 0. The van der Waals surface area contributed by atoms with E-state index in [4.69, 9.17) is 5.11 Å². The Bertz CT molecular complexity index is 40.8. The monoisotopic (exact) mass is 86.1 g/mol. The van der Waals surface area contributed by atoms with Gasteiger partial charge < -0.3 is 10.4 Å². The highest BCUT2D eigenvalue weighted by atomic mass is 16.3. The standard InChI is InChI=1S/C4H8NO/c6-4-1-2-5-3-4/h4,6H,1-3H2/q-1. The van der Waals surface area contributed by atoms with Crippen molar-refractivity contribution < 1.29 is 5.11 Å². The van der Waals surface area contributed by atoms with Crippen LogP contribution in [0, 0.1) is 0 Å². The van der Waals surface area contributed by atoms with E-state index in [9.17, 15) is 0 Å². The van der Waals surface area contributed by atoms with Crippen LogP contribution >= 0.6 is 0 Å². The molecule has 0 amide bonds. The van der Waals surface area contributed by atoms with Crippen LogP contribution in [0.15, 0.2) is 0 Å². The number of nitrogens with zero attached hydrogens (tertiary/aromatic N) is 1. The normalized spacial score (nSPS) is 34.5. The Balaban J connectivity index is 2.18. The Morgan fingerprint density at radius 3 is 2.67 bits per heavy atom. The molecule has 0 aromatic rings. The second-order valence-electron chi connectivity index (χ2n) is 1.57. The first-order chi connectivity index (χ1) is 2.89. The van der Waals surface area contributed by atoms with Crippen LogP contribution in [0.1, 0.15) is 6.42 Å². The first-order valence-corrected chi connectivity index (χ1v) is 2.21. The second-order valence-corrected chi connectivity index (χ2v) is 1.57. The van der Waals surface area contributed by atoms with Crippen molar-refractivity contribution in [2.75, 3.05) is 13.1 Å². The third kappa shape index (κ3) is 0.698. The third-order valence-corrected chi connectivity index (χ3v) is 0.960. The maximum Gasteiger partial charge on any atom is 0.0336 e. The van der Waals surface area contributed by atoms with Gasteiger partial charge in [-0.15, -0.1) is 13.1 Å². The molecule has 0 aromatic carbocycles. The van der Waals surface area contributed by atoms with E-state index in [0.717, 1.165) is 13.0 Å². The van der Waals surface area contributed by atoms with Crippen molar-refractivity contribution in [3.8, 4) is 0 Å². The highest BCUT2D eigenvalue weighted by molar-refractivity contribution is 4.91. The number of rotatable bonds is 0. The van der Waals surface area contributed by atoms with Crippen LogP contribution in [0.2, 0.25) is 0 Å². The predicted molar refractivity (Wildman–Crippen MR) is 23.7 cm³/mol. The molecule has 1 aliphatic rings. The van der Waals surface area contributed by atoms with Gasteiger partial charge in [0.2, 0.25) is 0 Å². The number of aliphatic hydroxyl groups is 1. The number of hydrogen-bond donors (Lipinski definition) is 1. The minimum atomic E-state index is -0.120.